The number of nitrogens with one attached hydrogen (secondary N) is 1. The molecule has 2 aliphatic rings. The van der Waals surface area contributed by atoms with Crippen LogP contribution in [0.1, 0.15) is 48.2 Å². The summed E-state index contributed by atoms with van der Waals surface area (Å²) in [6, 6.07) is 2.24. The molecule has 1 aromatic heterocycles. The first-order chi connectivity index (χ1) is 9.22. The Morgan fingerprint density at radius 3 is 2.95 bits per heavy atom. The highest BCUT2D eigenvalue weighted by molar-refractivity contribution is 9.12. The SMILES string of the molecule is O=C(NC1CCCCC1)c1cnc2c(c1)[B]C(Br)=C2. The van der Waals surface area contributed by atoms with Crippen molar-refractivity contribution in [3.63, 3.8) is 0 Å². The van der Waals surface area contributed by atoms with Gasteiger partial charge in [0.15, 0.2) is 0 Å². The van der Waals surface area contributed by atoms with Gasteiger partial charge in [-0.15, -0.1) is 0 Å². The van der Waals surface area contributed by atoms with Crippen molar-refractivity contribution in [2.24, 2.45) is 0 Å². The molecule has 2 heterocycles. The summed E-state index contributed by atoms with van der Waals surface area (Å²) in [7, 11) is 1.99. The minimum atomic E-state index is -0.00128. The molecule has 1 amide bonds. The fourth-order valence-corrected chi connectivity index (χ4v) is 3.15. The van der Waals surface area contributed by atoms with E-state index in [-0.39, 0.29) is 5.91 Å². The topological polar surface area (TPSA) is 42.0 Å². The molecule has 3 rings (SSSR count). The van der Waals surface area contributed by atoms with Crippen LogP contribution >= 0.6 is 15.9 Å². The van der Waals surface area contributed by atoms with Crippen LogP contribution in [0.5, 0.6) is 0 Å². The number of carbonyl (C=O) groups is 1. The smallest absolute Gasteiger partial charge is 0.253 e. The van der Waals surface area contributed by atoms with Gasteiger partial charge in [0.2, 0.25) is 7.28 Å². The first-order valence-electron chi connectivity index (χ1n) is 6.75. The lowest BCUT2D eigenvalue weighted by atomic mass is 9.74. The third-order valence-corrected chi connectivity index (χ3v) is 4.18. The number of pyridine rings is 1. The van der Waals surface area contributed by atoms with Crippen molar-refractivity contribution < 1.29 is 4.79 Å². The van der Waals surface area contributed by atoms with Gasteiger partial charge < -0.3 is 5.32 Å². The molecular formula is C14H15BBrN2O. The average molecular weight is 318 g/mol. The van der Waals surface area contributed by atoms with E-state index >= 15 is 0 Å². The molecule has 0 aromatic carbocycles. The zero-order valence-electron chi connectivity index (χ0n) is 10.7. The van der Waals surface area contributed by atoms with E-state index in [9.17, 15) is 4.79 Å². The molecule has 0 atom stereocenters. The quantitative estimate of drug-likeness (QED) is 0.850. The van der Waals surface area contributed by atoms with Crippen LogP contribution < -0.4 is 10.8 Å². The molecule has 19 heavy (non-hydrogen) atoms. The second-order valence-electron chi connectivity index (χ2n) is 5.18. The molecule has 0 bridgehead atoms. The summed E-state index contributed by atoms with van der Waals surface area (Å²) in [6.07, 6.45) is 9.55. The lowest BCUT2D eigenvalue weighted by Gasteiger charge is -2.22. The predicted molar refractivity (Wildman–Crippen MR) is 80.9 cm³/mol. The summed E-state index contributed by atoms with van der Waals surface area (Å²) < 4.78 is 1.000. The Bertz CT molecular complexity index is 538. The average Bonchev–Trinajstić information content (AvgIpc) is 2.78. The second-order valence-corrected chi connectivity index (χ2v) is 6.10. The molecule has 1 N–H and O–H groups in total. The van der Waals surface area contributed by atoms with Crippen molar-refractivity contribution in [1.29, 1.82) is 0 Å². The van der Waals surface area contributed by atoms with Gasteiger partial charge in [0, 0.05) is 12.2 Å². The predicted octanol–water partition coefficient (Wildman–Crippen LogP) is 2.18. The molecule has 1 aliphatic heterocycles. The maximum atomic E-state index is 12.2. The van der Waals surface area contributed by atoms with E-state index < -0.39 is 0 Å². The summed E-state index contributed by atoms with van der Waals surface area (Å²) in [6.45, 7) is 0. The Kier molecular flexibility index (Phi) is 3.73. The molecular weight excluding hydrogens is 303 g/mol. The van der Waals surface area contributed by atoms with Gasteiger partial charge in [-0.1, -0.05) is 46.7 Å². The van der Waals surface area contributed by atoms with Crippen LogP contribution in [0.3, 0.4) is 0 Å². The van der Waals surface area contributed by atoms with Crippen molar-refractivity contribution in [1.82, 2.24) is 10.3 Å². The zero-order valence-corrected chi connectivity index (χ0v) is 12.2. The van der Waals surface area contributed by atoms with Gasteiger partial charge in [0.05, 0.1) is 11.3 Å². The number of hydrogen-bond donors (Lipinski definition) is 1. The summed E-state index contributed by atoms with van der Waals surface area (Å²) in [4.78, 5) is 16.5. The van der Waals surface area contributed by atoms with Gasteiger partial charge in [0.25, 0.3) is 5.91 Å². The van der Waals surface area contributed by atoms with E-state index in [1.807, 2.05) is 19.4 Å². The van der Waals surface area contributed by atoms with Crippen LogP contribution in [-0.2, 0) is 0 Å². The van der Waals surface area contributed by atoms with Crippen molar-refractivity contribution in [2.45, 2.75) is 38.1 Å². The highest BCUT2D eigenvalue weighted by atomic mass is 79.9. The van der Waals surface area contributed by atoms with E-state index in [2.05, 4.69) is 26.2 Å². The van der Waals surface area contributed by atoms with Crippen LogP contribution in [0.15, 0.2) is 16.6 Å². The normalized spacial score (nSPS) is 18.5. The minimum Gasteiger partial charge on any atom is -0.349 e. The van der Waals surface area contributed by atoms with Gasteiger partial charge in [-0.25, -0.2) is 0 Å². The zero-order chi connectivity index (χ0) is 13.2. The number of nitrogens with zero attached hydrogens (tertiary/aromatic N) is 1. The molecule has 5 heteroatoms. The molecule has 1 saturated carbocycles. The summed E-state index contributed by atoms with van der Waals surface area (Å²) >= 11 is 3.43. The molecule has 1 aliphatic carbocycles. The number of hydrogen-bond acceptors (Lipinski definition) is 2. The molecule has 1 radical (unpaired) electrons. The van der Waals surface area contributed by atoms with Gasteiger partial charge in [-0.3, -0.25) is 9.78 Å². The molecule has 0 unspecified atom stereocenters. The first kappa shape index (κ1) is 12.9. The van der Waals surface area contributed by atoms with Crippen molar-refractivity contribution in [2.75, 3.05) is 0 Å². The molecule has 1 fully saturated rings. The third-order valence-electron chi connectivity index (χ3n) is 3.72. The Hall–Kier alpha value is -1.10. The fourth-order valence-electron chi connectivity index (χ4n) is 2.69. The third kappa shape index (κ3) is 2.91. The largest absolute Gasteiger partial charge is 0.349 e. The maximum Gasteiger partial charge on any atom is 0.253 e. The van der Waals surface area contributed by atoms with Crippen LogP contribution in [0.4, 0.5) is 0 Å². The van der Waals surface area contributed by atoms with E-state index in [0.717, 1.165) is 28.4 Å². The van der Waals surface area contributed by atoms with Crippen molar-refractivity contribution in [3.05, 3.63) is 27.9 Å². The minimum absolute atomic E-state index is 0.00128. The van der Waals surface area contributed by atoms with Gasteiger partial charge in [-0.2, -0.15) is 0 Å². The Morgan fingerprint density at radius 1 is 1.37 bits per heavy atom. The Morgan fingerprint density at radius 2 is 2.16 bits per heavy atom. The number of halogens is 1. The molecule has 97 valence electrons. The number of rotatable bonds is 2. The molecule has 0 spiro atoms. The summed E-state index contributed by atoms with van der Waals surface area (Å²) in [5.41, 5.74) is 2.57. The van der Waals surface area contributed by atoms with Crippen LogP contribution in [0, 0.1) is 0 Å². The second kappa shape index (κ2) is 5.49. The van der Waals surface area contributed by atoms with Crippen LogP contribution in [0.25, 0.3) is 6.08 Å². The number of carbonyl (C=O) groups excluding carboxylic acids is 1. The van der Waals surface area contributed by atoms with Gasteiger partial charge in [-0.05, 0) is 23.3 Å². The monoisotopic (exact) mass is 317 g/mol. The number of aromatic nitrogens is 1. The summed E-state index contributed by atoms with van der Waals surface area (Å²) in [5, 5.41) is 3.12. The number of amides is 1. The summed E-state index contributed by atoms with van der Waals surface area (Å²) in [5.74, 6) is -0.00128. The Labute approximate surface area is 122 Å². The lowest BCUT2D eigenvalue weighted by Crippen LogP contribution is -2.36. The van der Waals surface area contributed by atoms with E-state index in [4.69, 9.17) is 0 Å². The van der Waals surface area contributed by atoms with Crippen molar-refractivity contribution >= 4 is 40.7 Å². The van der Waals surface area contributed by atoms with Crippen molar-refractivity contribution in [3.8, 4) is 0 Å². The van der Waals surface area contributed by atoms with E-state index in [1.54, 1.807) is 6.20 Å². The molecule has 1 aromatic rings. The fraction of sp³-hybridized carbons (Fsp3) is 0.429. The standard InChI is InChI=1S/C14H15BBrN2O/c16-13-7-12-11(15-13)6-9(8-17-12)14(19)18-10-4-2-1-3-5-10/h6-8,10H,1-5H2,(H,18,19). The Balaban J connectivity index is 1.69. The highest BCUT2D eigenvalue weighted by Gasteiger charge is 2.19. The highest BCUT2D eigenvalue weighted by Crippen LogP contribution is 2.18. The van der Waals surface area contributed by atoms with Crippen LogP contribution in [0.2, 0.25) is 0 Å². The van der Waals surface area contributed by atoms with E-state index in [0.29, 0.717) is 11.6 Å². The number of fused-ring (bicyclic) bond motifs is 1. The van der Waals surface area contributed by atoms with E-state index in [1.165, 1.54) is 19.3 Å². The molecule has 0 saturated heterocycles. The van der Waals surface area contributed by atoms with Gasteiger partial charge >= 0.3 is 0 Å². The lowest BCUT2D eigenvalue weighted by molar-refractivity contribution is 0.0927. The molecule has 3 nitrogen and oxygen atoms in total. The van der Waals surface area contributed by atoms with Gasteiger partial charge in [0.1, 0.15) is 0 Å². The van der Waals surface area contributed by atoms with Crippen LogP contribution in [-0.4, -0.2) is 24.2 Å². The maximum absolute atomic E-state index is 12.2. The first-order valence-corrected chi connectivity index (χ1v) is 7.54.